The molecule has 4 rings (SSSR count). The Hall–Kier alpha value is -2.71. The molecule has 0 aromatic carbocycles. The molecule has 0 radical (unpaired) electrons. The van der Waals surface area contributed by atoms with E-state index in [2.05, 4.69) is 36.6 Å². The molecule has 1 aliphatic carbocycles. The van der Waals surface area contributed by atoms with Crippen LogP contribution in [0.1, 0.15) is 51.4 Å². The number of aryl methyl sites for hydroxylation is 1. The number of nitrogens with zero attached hydrogens (tertiary/aromatic N) is 7. The number of morpholine rings is 1. The number of carbonyl (C=O) groups excluding carboxylic acids is 1. The van der Waals surface area contributed by atoms with Gasteiger partial charge in [0.25, 0.3) is 5.95 Å². The Labute approximate surface area is 207 Å². The van der Waals surface area contributed by atoms with Gasteiger partial charge in [0, 0.05) is 33.2 Å². The van der Waals surface area contributed by atoms with Crippen LogP contribution in [0.2, 0.25) is 0 Å². The van der Waals surface area contributed by atoms with Crippen molar-refractivity contribution in [2.75, 3.05) is 46.4 Å². The van der Waals surface area contributed by atoms with Crippen molar-refractivity contribution in [3.05, 3.63) is 6.33 Å². The zero-order chi connectivity index (χ0) is 24.7. The first-order valence-electron chi connectivity index (χ1n) is 12.9. The summed E-state index contributed by atoms with van der Waals surface area (Å²) in [5.41, 5.74) is -0.823. The van der Waals surface area contributed by atoms with Gasteiger partial charge >= 0.3 is 0 Å². The number of carbonyl (C=O) groups is 1. The molecule has 3 aliphatic rings. The first-order chi connectivity index (χ1) is 17.0. The Morgan fingerprint density at radius 1 is 1.23 bits per heavy atom. The van der Waals surface area contributed by atoms with E-state index in [-0.39, 0.29) is 5.91 Å². The van der Waals surface area contributed by atoms with E-state index < -0.39 is 11.6 Å². The second-order valence-electron chi connectivity index (χ2n) is 10.1. The molecule has 35 heavy (non-hydrogen) atoms. The van der Waals surface area contributed by atoms with E-state index in [0.717, 1.165) is 32.4 Å². The predicted molar refractivity (Wildman–Crippen MR) is 132 cm³/mol. The van der Waals surface area contributed by atoms with Gasteiger partial charge in [-0.15, -0.1) is 0 Å². The van der Waals surface area contributed by atoms with E-state index in [1.165, 1.54) is 25.6 Å². The van der Waals surface area contributed by atoms with Gasteiger partial charge in [0.05, 0.1) is 19.3 Å². The number of hydrogen-bond acceptors (Lipinski definition) is 7. The normalized spacial score (nSPS) is 22.9. The summed E-state index contributed by atoms with van der Waals surface area (Å²) in [6.07, 6.45) is 9.39. The lowest BCUT2D eigenvalue weighted by Gasteiger charge is -2.38. The van der Waals surface area contributed by atoms with Gasteiger partial charge < -0.3 is 25.2 Å². The fourth-order valence-electron chi connectivity index (χ4n) is 5.19. The summed E-state index contributed by atoms with van der Waals surface area (Å²) in [6.45, 7) is 4.14. The lowest BCUT2D eigenvalue weighted by molar-refractivity contribution is -0.125. The minimum Gasteiger partial charge on any atom is -0.378 e. The zero-order valence-corrected chi connectivity index (χ0v) is 21.1. The van der Waals surface area contributed by atoms with Gasteiger partial charge in [0.15, 0.2) is 0 Å². The van der Waals surface area contributed by atoms with Crippen LogP contribution in [-0.2, 0) is 16.6 Å². The third-order valence-corrected chi connectivity index (χ3v) is 7.53. The monoisotopic (exact) mass is 485 g/mol. The summed E-state index contributed by atoms with van der Waals surface area (Å²) < 4.78 is 7.16. The van der Waals surface area contributed by atoms with Gasteiger partial charge in [-0.1, -0.05) is 32.1 Å². The minimum absolute atomic E-state index is 0.124. The number of rotatable bonds is 6. The van der Waals surface area contributed by atoms with Crippen molar-refractivity contribution >= 4 is 17.8 Å². The number of likely N-dealkylation sites (tertiary alicyclic amines) is 1. The third kappa shape index (κ3) is 6.70. The number of ether oxygens (including phenoxy) is 1. The summed E-state index contributed by atoms with van der Waals surface area (Å²) in [5.74, 6) is 1.43. The second kappa shape index (κ2) is 11.8. The van der Waals surface area contributed by atoms with Gasteiger partial charge in [0.2, 0.25) is 11.9 Å². The minimum atomic E-state index is -0.823. The summed E-state index contributed by atoms with van der Waals surface area (Å²) in [7, 11) is 3.85. The van der Waals surface area contributed by atoms with E-state index in [4.69, 9.17) is 9.73 Å². The van der Waals surface area contributed by atoms with E-state index >= 15 is 0 Å². The highest BCUT2D eigenvalue weighted by Crippen LogP contribution is 2.28. The predicted octanol–water partition coefficient (Wildman–Crippen LogP) is 1.17. The van der Waals surface area contributed by atoms with Crippen LogP contribution in [0, 0.1) is 17.2 Å². The average molecular weight is 486 g/mol. The van der Waals surface area contributed by atoms with Crippen LogP contribution in [0.3, 0.4) is 0 Å². The van der Waals surface area contributed by atoms with Crippen LogP contribution in [-0.4, -0.2) is 94.5 Å². The fraction of sp³-hybridized carbons (Fsp3) is 0.792. The van der Waals surface area contributed by atoms with Crippen molar-refractivity contribution in [3.63, 3.8) is 0 Å². The van der Waals surface area contributed by atoms with Crippen LogP contribution in [0.25, 0.3) is 0 Å². The first kappa shape index (κ1) is 25.4. The molecule has 1 amide bonds. The number of aromatic nitrogens is 3. The average Bonchev–Trinajstić information content (AvgIpc) is 3.30. The molecule has 2 N–H and O–H groups in total. The number of aliphatic imine (C=N–C) groups is 1. The number of piperidine rings is 1. The van der Waals surface area contributed by atoms with Crippen molar-refractivity contribution in [2.45, 2.75) is 62.9 Å². The molecule has 1 unspecified atom stereocenters. The topological polar surface area (TPSA) is 124 Å². The maximum Gasteiger partial charge on any atom is 0.250 e. The molecule has 1 aromatic rings. The van der Waals surface area contributed by atoms with Gasteiger partial charge in [-0.3, -0.25) is 4.79 Å². The Bertz CT molecular complexity index is 904. The Balaban J connectivity index is 1.57. The molecule has 3 fully saturated rings. The Kier molecular flexibility index (Phi) is 8.57. The summed E-state index contributed by atoms with van der Waals surface area (Å²) in [6, 6.07) is 1.93. The van der Waals surface area contributed by atoms with E-state index in [0.29, 0.717) is 57.0 Å². The van der Waals surface area contributed by atoms with Gasteiger partial charge in [0.1, 0.15) is 17.9 Å². The van der Waals surface area contributed by atoms with Crippen molar-refractivity contribution in [1.82, 2.24) is 35.2 Å². The van der Waals surface area contributed by atoms with E-state index in [9.17, 15) is 10.1 Å². The number of guanidine groups is 1. The van der Waals surface area contributed by atoms with Crippen LogP contribution >= 0.6 is 0 Å². The summed E-state index contributed by atoms with van der Waals surface area (Å²) in [4.78, 5) is 27.1. The van der Waals surface area contributed by atoms with Crippen LogP contribution < -0.4 is 10.6 Å². The summed E-state index contributed by atoms with van der Waals surface area (Å²) in [5, 5.41) is 20.8. The molecular weight excluding hydrogens is 446 g/mol. The van der Waals surface area contributed by atoms with Crippen LogP contribution in [0.4, 0.5) is 5.95 Å². The molecule has 0 spiro atoms. The molecule has 2 aliphatic heterocycles. The first-order valence-corrected chi connectivity index (χ1v) is 12.9. The molecule has 192 valence electrons. The summed E-state index contributed by atoms with van der Waals surface area (Å²) >= 11 is 0. The number of nitrogens with one attached hydrogen (secondary N) is 2. The van der Waals surface area contributed by atoms with Crippen LogP contribution in [0.5, 0.6) is 0 Å². The number of hydrogen-bond donors (Lipinski definition) is 2. The molecule has 3 heterocycles. The number of amides is 1. The highest BCUT2D eigenvalue weighted by atomic mass is 16.5. The van der Waals surface area contributed by atoms with Gasteiger partial charge in [-0.25, -0.2) is 4.68 Å². The third-order valence-electron chi connectivity index (χ3n) is 7.53. The fourth-order valence-corrected chi connectivity index (χ4v) is 5.19. The Morgan fingerprint density at radius 3 is 2.57 bits per heavy atom. The molecule has 1 atom stereocenters. The quantitative estimate of drug-likeness (QED) is 0.455. The molecule has 11 heteroatoms. The van der Waals surface area contributed by atoms with Crippen molar-refractivity contribution in [2.24, 2.45) is 18.0 Å². The lowest BCUT2D eigenvalue weighted by Crippen LogP contribution is -2.60. The van der Waals surface area contributed by atoms with Gasteiger partial charge in [-0.05, 0) is 32.2 Å². The number of nitriles is 1. The SMILES string of the molecule is CN1CCC(C#N)(NC(=O)C(CC2CCCCC2)N/C(=N\c2ncnn2C)N2CCOCC2)CC1. The highest BCUT2D eigenvalue weighted by Gasteiger charge is 2.38. The van der Waals surface area contributed by atoms with E-state index in [1.54, 1.807) is 11.7 Å². The van der Waals surface area contributed by atoms with Crippen molar-refractivity contribution in [3.8, 4) is 6.07 Å². The molecule has 1 aromatic heterocycles. The smallest absolute Gasteiger partial charge is 0.250 e. The van der Waals surface area contributed by atoms with Crippen LogP contribution in [0.15, 0.2) is 11.3 Å². The highest BCUT2D eigenvalue weighted by molar-refractivity contribution is 5.90. The maximum atomic E-state index is 13.7. The maximum absolute atomic E-state index is 13.7. The van der Waals surface area contributed by atoms with E-state index in [1.807, 2.05) is 7.05 Å². The van der Waals surface area contributed by atoms with Crippen molar-refractivity contribution < 1.29 is 9.53 Å². The van der Waals surface area contributed by atoms with Crippen molar-refractivity contribution in [1.29, 1.82) is 5.26 Å². The molecule has 1 saturated carbocycles. The Morgan fingerprint density at radius 2 is 1.94 bits per heavy atom. The molecule has 2 saturated heterocycles. The standard InChI is InChI=1S/C24H39N9O2/c1-31-10-8-24(17-25,9-11-31)30-21(34)20(16-19-6-4-3-5-7-19)28-23(33-12-14-35-15-13-33)29-22-26-18-27-32(22)2/h18-20H,3-16H2,1-2H3,(H,30,34)(H,26,27,28,29). The lowest BCUT2D eigenvalue weighted by atomic mass is 9.84. The largest absolute Gasteiger partial charge is 0.378 e. The molecular formula is C24H39N9O2. The molecule has 0 bridgehead atoms. The van der Waals surface area contributed by atoms with Gasteiger partial charge in [-0.2, -0.15) is 20.3 Å². The zero-order valence-electron chi connectivity index (χ0n) is 21.1. The second-order valence-corrected chi connectivity index (χ2v) is 10.1. The molecule has 11 nitrogen and oxygen atoms in total.